The number of nitrogens with one attached hydrogen (secondary N) is 1. The number of carbonyl (C=O) groups excluding carboxylic acids is 1. The van der Waals surface area contributed by atoms with Crippen molar-refractivity contribution in [3.63, 3.8) is 0 Å². The summed E-state index contributed by atoms with van der Waals surface area (Å²) in [5, 5.41) is 12.4. The fourth-order valence-electron chi connectivity index (χ4n) is 3.60. The van der Waals surface area contributed by atoms with E-state index < -0.39 is 0 Å². The first-order chi connectivity index (χ1) is 11.3. The number of aliphatic hydroxyl groups is 1. The van der Waals surface area contributed by atoms with Crippen LogP contribution in [0.15, 0.2) is 24.4 Å². The smallest absolute Gasteiger partial charge is 0.272 e. The zero-order valence-corrected chi connectivity index (χ0v) is 13.2. The Kier molecular flexibility index (Phi) is 3.81. The molecule has 2 aromatic rings. The first-order valence-electron chi connectivity index (χ1n) is 8.65. The fraction of sp³-hybridized carbons (Fsp3) is 0.556. The summed E-state index contributed by atoms with van der Waals surface area (Å²) < 4.78 is 2.06. The topological polar surface area (TPSA) is 66.6 Å². The second-order valence-electron chi connectivity index (χ2n) is 6.92. The van der Waals surface area contributed by atoms with Crippen LogP contribution in [0.1, 0.15) is 60.8 Å². The van der Waals surface area contributed by atoms with E-state index in [-0.39, 0.29) is 18.6 Å². The lowest BCUT2D eigenvalue weighted by atomic mass is 9.86. The lowest BCUT2D eigenvalue weighted by Gasteiger charge is -2.27. The molecule has 0 bridgehead atoms. The van der Waals surface area contributed by atoms with Crippen molar-refractivity contribution in [3.05, 3.63) is 35.9 Å². The molecular formula is C18H23N3O2. The number of hydrogen-bond acceptors (Lipinski definition) is 3. The minimum atomic E-state index is -0.0620. The fourth-order valence-corrected chi connectivity index (χ4v) is 3.60. The predicted octanol–water partition coefficient (Wildman–Crippen LogP) is 2.49. The van der Waals surface area contributed by atoms with Crippen molar-refractivity contribution in [2.45, 2.75) is 50.5 Å². The maximum atomic E-state index is 12.7. The third kappa shape index (κ3) is 2.85. The molecule has 5 nitrogen and oxygen atoms in total. The van der Waals surface area contributed by atoms with E-state index in [1.54, 1.807) is 0 Å². The van der Waals surface area contributed by atoms with Crippen LogP contribution in [0.25, 0.3) is 5.52 Å². The normalized spacial score (nSPS) is 24.7. The third-order valence-corrected chi connectivity index (χ3v) is 5.17. The van der Waals surface area contributed by atoms with Crippen molar-refractivity contribution in [3.8, 4) is 0 Å². The second-order valence-corrected chi connectivity index (χ2v) is 6.92. The third-order valence-electron chi connectivity index (χ3n) is 5.17. The van der Waals surface area contributed by atoms with Gasteiger partial charge >= 0.3 is 0 Å². The highest BCUT2D eigenvalue weighted by Crippen LogP contribution is 2.40. The van der Waals surface area contributed by atoms with Crippen molar-refractivity contribution in [1.29, 1.82) is 0 Å². The number of rotatable bonds is 4. The average molecular weight is 313 g/mol. The second kappa shape index (κ2) is 5.96. The van der Waals surface area contributed by atoms with E-state index in [1.807, 2.05) is 24.4 Å². The average Bonchev–Trinajstić information content (AvgIpc) is 3.36. The van der Waals surface area contributed by atoms with E-state index in [2.05, 4.69) is 14.7 Å². The molecule has 0 saturated heterocycles. The molecule has 23 heavy (non-hydrogen) atoms. The van der Waals surface area contributed by atoms with E-state index in [0.29, 0.717) is 17.5 Å². The summed E-state index contributed by atoms with van der Waals surface area (Å²) >= 11 is 0. The van der Waals surface area contributed by atoms with Gasteiger partial charge in [0.05, 0.1) is 5.52 Å². The molecule has 0 aliphatic heterocycles. The Morgan fingerprint density at radius 3 is 2.70 bits per heavy atom. The Morgan fingerprint density at radius 2 is 2.00 bits per heavy atom. The largest absolute Gasteiger partial charge is 0.396 e. The Balaban J connectivity index is 1.53. The minimum absolute atomic E-state index is 0.0620. The number of aromatic nitrogens is 2. The van der Waals surface area contributed by atoms with Gasteiger partial charge in [0.1, 0.15) is 5.82 Å². The number of imidazole rings is 1. The van der Waals surface area contributed by atoms with Gasteiger partial charge in [0, 0.05) is 24.8 Å². The molecule has 0 aromatic carbocycles. The molecule has 2 heterocycles. The molecule has 2 aromatic heterocycles. The van der Waals surface area contributed by atoms with Crippen LogP contribution in [0, 0.1) is 5.92 Å². The van der Waals surface area contributed by atoms with Crippen molar-refractivity contribution >= 4 is 11.4 Å². The van der Waals surface area contributed by atoms with Crippen LogP contribution in [0.2, 0.25) is 0 Å². The van der Waals surface area contributed by atoms with Crippen LogP contribution in [0.5, 0.6) is 0 Å². The van der Waals surface area contributed by atoms with Crippen molar-refractivity contribution in [1.82, 2.24) is 14.7 Å². The summed E-state index contributed by atoms with van der Waals surface area (Å²) in [6.45, 7) is 0.261. The molecule has 4 rings (SSSR count). The first-order valence-corrected chi connectivity index (χ1v) is 8.65. The lowest BCUT2D eigenvalue weighted by molar-refractivity contribution is 0.0911. The van der Waals surface area contributed by atoms with Gasteiger partial charge in [-0.25, -0.2) is 4.98 Å². The van der Waals surface area contributed by atoms with Gasteiger partial charge in [-0.1, -0.05) is 6.07 Å². The van der Waals surface area contributed by atoms with Gasteiger partial charge in [0.2, 0.25) is 0 Å². The highest BCUT2D eigenvalue weighted by Gasteiger charge is 2.31. The summed E-state index contributed by atoms with van der Waals surface area (Å²) in [4.78, 5) is 17.4. The number of pyridine rings is 1. The Bertz CT molecular complexity index is 712. The maximum Gasteiger partial charge on any atom is 0.272 e. The van der Waals surface area contributed by atoms with Gasteiger partial charge < -0.3 is 14.8 Å². The number of fused-ring (bicyclic) bond motifs is 1. The Labute approximate surface area is 135 Å². The van der Waals surface area contributed by atoms with Gasteiger partial charge in [0.15, 0.2) is 5.69 Å². The number of nitrogens with zero attached hydrogens (tertiary/aromatic N) is 2. The van der Waals surface area contributed by atoms with E-state index in [4.69, 9.17) is 0 Å². The molecule has 0 unspecified atom stereocenters. The van der Waals surface area contributed by atoms with Crippen LogP contribution in [0.3, 0.4) is 0 Å². The van der Waals surface area contributed by atoms with Gasteiger partial charge in [0.25, 0.3) is 5.91 Å². The molecule has 2 fully saturated rings. The van der Waals surface area contributed by atoms with E-state index in [0.717, 1.165) is 37.0 Å². The molecule has 2 N–H and O–H groups in total. The highest BCUT2D eigenvalue weighted by molar-refractivity contribution is 5.99. The van der Waals surface area contributed by atoms with Crippen molar-refractivity contribution in [2.24, 2.45) is 5.92 Å². The predicted molar refractivity (Wildman–Crippen MR) is 87.5 cm³/mol. The van der Waals surface area contributed by atoms with Crippen LogP contribution in [0.4, 0.5) is 0 Å². The van der Waals surface area contributed by atoms with Gasteiger partial charge in [-0.3, -0.25) is 4.79 Å². The molecule has 0 radical (unpaired) electrons. The standard InChI is InChI=1S/C18H23N3O2/c22-11-12-4-8-14(9-5-12)19-18(23)16-15-3-1-2-10-21(15)17(20-16)13-6-7-13/h1-3,10,12-14,22H,4-9,11H2,(H,19,23). The van der Waals surface area contributed by atoms with Crippen LogP contribution in [-0.4, -0.2) is 33.0 Å². The molecule has 0 atom stereocenters. The first kappa shape index (κ1) is 14.7. The quantitative estimate of drug-likeness (QED) is 0.911. The van der Waals surface area contributed by atoms with E-state index >= 15 is 0 Å². The molecular weight excluding hydrogens is 290 g/mol. The minimum Gasteiger partial charge on any atom is -0.396 e. The SMILES string of the molecule is O=C(NC1CCC(CO)CC1)c1nc(C2CC2)n2ccccc12. The van der Waals surface area contributed by atoms with E-state index in [1.165, 1.54) is 12.8 Å². The number of carbonyl (C=O) groups is 1. The summed E-state index contributed by atoms with van der Waals surface area (Å²) in [6, 6.07) is 6.11. The highest BCUT2D eigenvalue weighted by atomic mass is 16.3. The number of aliphatic hydroxyl groups excluding tert-OH is 1. The van der Waals surface area contributed by atoms with Gasteiger partial charge in [-0.15, -0.1) is 0 Å². The summed E-state index contributed by atoms with van der Waals surface area (Å²) in [5.41, 5.74) is 1.45. The lowest BCUT2D eigenvalue weighted by Crippen LogP contribution is -2.38. The zero-order chi connectivity index (χ0) is 15.8. The molecule has 2 aliphatic carbocycles. The van der Waals surface area contributed by atoms with Crippen molar-refractivity contribution in [2.75, 3.05) is 6.61 Å². The van der Waals surface area contributed by atoms with Crippen LogP contribution < -0.4 is 5.32 Å². The van der Waals surface area contributed by atoms with E-state index in [9.17, 15) is 9.90 Å². The number of hydrogen-bond donors (Lipinski definition) is 2. The molecule has 0 spiro atoms. The summed E-state index contributed by atoms with van der Waals surface area (Å²) in [7, 11) is 0. The molecule has 1 amide bonds. The number of amides is 1. The molecule has 2 aliphatic rings. The van der Waals surface area contributed by atoms with Crippen molar-refractivity contribution < 1.29 is 9.90 Å². The molecule has 122 valence electrons. The van der Waals surface area contributed by atoms with Gasteiger partial charge in [-0.05, 0) is 56.6 Å². The maximum absolute atomic E-state index is 12.7. The summed E-state index contributed by atoms with van der Waals surface area (Å²) in [6.07, 6.45) is 8.19. The van der Waals surface area contributed by atoms with Crippen LogP contribution in [-0.2, 0) is 0 Å². The Hall–Kier alpha value is -1.88. The molecule has 5 heteroatoms. The monoisotopic (exact) mass is 313 g/mol. The summed E-state index contributed by atoms with van der Waals surface area (Å²) in [5.74, 6) is 1.87. The van der Waals surface area contributed by atoms with Crippen LogP contribution >= 0.6 is 0 Å². The van der Waals surface area contributed by atoms with Gasteiger partial charge in [-0.2, -0.15) is 0 Å². The zero-order valence-electron chi connectivity index (χ0n) is 13.2. The Morgan fingerprint density at radius 1 is 1.22 bits per heavy atom. The molecule has 2 saturated carbocycles.